The number of aliphatic carboxylic acids is 1. The van der Waals surface area contributed by atoms with Crippen LogP contribution in [0.4, 0.5) is 0 Å². The van der Waals surface area contributed by atoms with Crippen LogP contribution in [0.15, 0.2) is 24.0 Å². The zero-order chi connectivity index (χ0) is 16.5. The summed E-state index contributed by atoms with van der Waals surface area (Å²) >= 11 is 1.35. The Bertz CT molecular complexity index is 645. The molecule has 7 nitrogen and oxygen atoms in total. The molecule has 0 aliphatic heterocycles. The Morgan fingerprint density at radius 3 is 2.74 bits per heavy atom. The fourth-order valence-corrected chi connectivity index (χ4v) is 2.71. The minimum Gasteiger partial charge on any atom is -0.481 e. The number of thiazole rings is 1. The van der Waals surface area contributed by atoms with Gasteiger partial charge in [-0.15, -0.1) is 11.3 Å². The van der Waals surface area contributed by atoms with Gasteiger partial charge in [-0.05, 0) is 12.8 Å². The summed E-state index contributed by atoms with van der Waals surface area (Å²) in [6.07, 6.45) is 8.24. The van der Waals surface area contributed by atoms with Crippen LogP contribution < -0.4 is 5.32 Å². The van der Waals surface area contributed by atoms with Crippen LogP contribution in [0.5, 0.6) is 0 Å². The molecule has 2 aromatic heterocycles. The van der Waals surface area contributed by atoms with Crippen molar-refractivity contribution in [1.29, 1.82) is 0 Å². The molecular weight excluding hydrogens is 316 g/mol. The SMILES string of the molecule is O=C(O)CCCCCCNC(=O)c1csc(-c2cnccn2)n1. The third-order valence-corrected chi connectivity index (χ3v) is 3.99. The molecule has 2 heterocycles. The van der Waals surface area contributed by atoms with Crippen molar-refractivity contribution in [2.24, 2.45) is 0 Å². The van der Waals surface area contributed by atoms with E-state index >= 15 is 0 Å². The van der Waals surface area contributed by atoms with Crippen LogP contribution in [0.25, 0.3) is 10.7 Å². The highest BCUT2D eigenvalue weighted by Gasteiger charge is 2.12. The highest BCUT2D eigenvalue weighted by atomic mass is 32.1. The Morgan fingerprint density at radius 2 is 2.00 bits per heavy atom. The molecule has 0 unspecified atom stereocenters. The molecular formula is C15H18N4O3S. The second-order valence-electron chi connectivity index (χ2n) is 4.94. The molecule has 0 aromatic carbocycles. The molecule has 0 aliphatic rings. The maximum atomic E-state index is 12.0. The zero-order valence-corrected chi connectivity index (χ0v) is 13.4. The Kier molecular flexibility index (Phi) is 6.61. The third-order valence-electron chi connectivity index (χ3n) is 3.12. The van der Waals surface area contributed by atoms with Crippen molar-refractivity contribution in [3.63, 3.8) is 0 Å². The van der Waals surface area contributed by atoms with Gasteiger partial charge < -0.3 is 10.4 Å². The molecule has 2 aromatic rings. The standard InChI is InChI=1S/C15H18N4O3S/c20-13(21)5-3-1-2-4-6-18-14(22)12-10-23-15(19-12)11-9-16-7-8-17-11/h7-10H,1-6H2,(H,18,22)(H,20,21). The molecule has 2 rings (SSSR count). The lowest BCUT2D eigenvalue weighted by Crippen LogP contribution is -2.24. The number of nitrogens with zero attached hydrogens (tertiary/aromatic N) is 3. The van der Waals surface area contributed by atoms with E-state index in [9.17, 15) is 9.59 Å². The van der Waals surface area contributed by atoms with E-state index in [1.165, 1.54) is 11.3 Å². The Balaban J connectivity index is 1.70. The first-order chi connectivity index (χ1) is 11.2. The number of carbonyl (C=O) groups is 2. The minimum absolute atomic E-state index is 0.205. The molecule has 0 saturated heterocycles. The number of hydrogen-bond donors (Lipinski definition) is 2. The van der Waals surface area contributed by atoms with Crippen LogP contribution in [-0.4, -0.2) is 38.5 Å². The van der Waals surface area contributed by atoms with Crippen molar-refractivity contribution in [3.05, 3.63) is 29.7 Å². The van der Waals surface area contributed by atoms with E-state index in [4.69, 9.17) is 5.11 Å². The molecule has 2 N–H and O–H groups in total. The summed E-state index contributed by atoms with van der Waals surface area (Å²) in [5, 5.41) is 13.7. The van der Waals surface area contributed by atoms with Gasteiger partial charge in [-0.25, -0.2) is 4.98 Å². The first-order valence-corrected chi connectivity index (χ1v) is 8.26. The summed E-state index contributed by atoms with van der Waals surface area (Å²) < 4.78 is 0. The van der Waals surface area contributed by atoms with Crippen LogP contribution >= 0.6 is 11.3 Å². The average molecular weight is 334 g/mol. The van der Waals surface area contributed by atoms with Crippen molar-refractivity contribution in [1.82, 2.24) is 20.3 Å². The maximum Gasteiger partial charge on any atom is 0.303 e. The quantitative estimate of drug-likeness (QED) is 0.682. The van der Waals surface area contributed by atoms with Crippen LogP contribution in [0.2, 0.25) is 0 Å². The third kappa shape index (κ3) is 5.74. The van der Waals surface area contributed by atoms with Gasteiger partial charge in [0.25, 0.3) is 5.91 Å². The van der Waals surface area contributed by atoms with Gasteiger partial charge in [0, 0.05) is 30.7 Å². The number of carboxylic acids is 1. The molecule has 0 atom stereocenters. The van der Waals surface area contributed by atoms with Gasteiger partial charge in [0.2, 0.25) is 0 Å². The van der Waals surface area contributed by atoms with Crippen LogP contribution in [0, 0.1) is 0 Å². The topological polar surface area (TPSA) is 105 Å². The largest absolute Gasteiger partial charge is 0.481 e. The van der Waals surface area contributed by atoms with E-state index in [2.05, 4.69) is 20.3 Å². The number of rotatable bonds is 9. The smallest absolute Gasteiger partial charge is 0.303 e. The minimum atomic E-state index is -0.763. The molecule has 0 saturated carbocycles. The normalized spacial score (nSPS) is 10.4. The Labute approximate surface area is 137 Å². The average Bonchev–Trinajstić information content (AvgIpc) is 3.04. The van der Waals surface area contributed by atoms with E-state index in [-0.39, 0.29) is 12.3 Å². The molecule has 0 bridgehead atoms. The van der Waals surface area contributed by atoms with Crippen LogP contribution in [0.3, 0.4) is 0 Å². The lowest BCUT2D eigenvalue weighted by atomic mass is 10.1. The number of hydrogen-bond acceptors (Lipinski definition) is 6. The van der Waals surface area contributed by atoms with Crippen LogP contribution in [0.1, 0.15) is 42.6 Å². The summed E-state index contributed by atoms with van der Waals surface area (Å²) in [6, 6.07) is 0. The van der Waals surface area contributed by atoms with Gasteiger partial charge in [0.15, 0.2) is 0 Å². The van der Waals surface area contributed by atoms with Gasteiger partial charge in [-0.3, -0.25) is 19.6 Å². The van der Waals surface area contributed by atoms with Gasteiger partial charge in [-0.2, -0.15) is 0 Å². The summed E-state index contributed by atoms with van der Waals surface area (Å²) in [5.74, 6) is -0.970. The van der Waals surface area contributed by atoms with Crippen molar-refractivity contribution in [3.8, 4) is 10.7 Å². The van der Waals surface area contributed by atoms with Gasteiger partial charge in [0.05, 0.1) is 6.20 Å². The molecule has 1 amide bonds. The monoisotopic (exact) mass is 334 g/mol. The molecule has 23 heavy (non-hydrogen) atoms. The molecule has 0 radical (unpaired) electrons. The molecule has 0 spiro atoms. The van der Waals surface area contributed by atoms with E-state index in [0.717, 1.165) is 19.3 Å². The molecule has 0 fully saturated rings. The number of aromatic nitrogens is 3. The number of amides is 1. The van der Waals surface area contributed by atoms with Gasteiger partial charge in [0.1, 0.15) is 16.4 Å². The number of nitrogens with one attached hydrogen (secondary N) is 1. The predicted molar refractivity (Wildman–Crippen MR) is 86.2 cm³/mol. The Hall–Kier alpha value is -2.35. The van der Waals surface area contributed by atoms with Crippen LogP contribution in [-0.2, 0) is 4.79 Å². The number of carbonyl (C=O) groups excluding carboxylic acids is 1. The van der Waals surface area contributed by atoms with E-state index in [1.54, 1.807) is 24.0 Å². The summed E-state index contributed by atoms with van der Waals surface area (Å²) in [4.78, 5) is 34.7. The van der Waals surface area contributed by atoms with Crippen molar-refractivity contribution in [2.75, 3.05) is 6.54 Å². The predicted octanol–water partition coefficient (Wildman–Crippen LogP) is 2.37. The lowest BCUT2D eigenvalue weighted by Gasteiger charge is -2.03. The van der Waals surface area contributed by atoms with E-state index < -0.39 is 5.97 Å². The Morgan fingerprint density at radius 1 is 1.17 bits per heavy atom. The fraction of sp³-hybridized carbons (Fsp3) is 0.400. The van der Waals surface area contributed by atoms with Crippen molar-refractivity contribution in [2.45, 2.75) is 32.1 Å². The number of unbranched alkanes of at least 4 members (excludes halogenated alkanes) is 3. The maximum absolute atomic E-state index is 12.0. The molecule has 122 valence electrons. The highest BCUT2D eigenvalue weighted by molar-refractivity contribution is 7.13. The van der Waals surface area contributed by atoms with Crippen molar-refractivity contribution < 1.29 is 14.7 Å². The summed E-state index contributed by atoms with van der Waals surface area (Å²) in [6.45, 7) is 0.559. The second-order valence-corrected chi connectivity index (χ2v) is 5.80. The molecule has 0 aliphatic carbocycles. The van der Waals surface area contributed by atoms with E-state index in [1.807, 2.05) is 0 Å². The highest BCUT2D eigenvalue weighted by Crippen LogP contribution is 2.20. The fourth-order valence-electron chi connectivity index (χ4n) is 1.95. The first-order valence-electron chi connectivity index (χ1n) is 7.38. The van der Waals surface area contributed by atoms with Gasteiger partial charge >= 0.3 is 5.97 Å². The number of carboxylic acid groups (broad SMARTS) is 1. The summed E-state index contributed by atoms with van der Waals surface area (Å²) in [5.41, 5.74) is 1.02. The summed E-state index contributed by atoms with van der Waals surface area (Å²) in [7, 11) is 0. The first kappa shape index (κ1) is 17.0. The lowest BCUT2D eigenvalue weighted by molar-refractivity contribution is -0.137. The van der Waals surface area contributed by atoms with Crippen molar-refractivity contribution >= 4 is 23.2 Å². The van der Waals surface area contributed by atoms with E-state index in [0.29, 0.717) is 29.4 Å². The second kappa shape index (κ2) is 8.94. The molecule has 8 heteroatoms. The van der Waals surface area contributed by atoms with Gasteiger partial charge in [-0.1, -0.05) is 12.8 Å². The zero-order valence-electron chi connectivity index (χ0n) is 12.6.